The fourth-order valence-electron chi connectivity index (χ4n) is 1.52. The molecule has 0 unspecified atom stereocenters. The van der Waals surface area contributed by atoms with E-state index in [9.17, 15) is 9.59 Å². The van der Waals surface area contributed by atoms with Crippen molar-refractivity contribution < 1.29 is 14.7 Å². The summed E-state index contributed by atoms with van der Waals surface area (Å²) in [5.74, 6) is -1.10. The minimum Gasteiger partial charge on any atom is -0.478 e. The van der Waals surface area contributed by atoms with Gasteiger partial charge >= 0.3 is 12.0 Å². The maximum atomic E-state index is 11.6. The number of aromatic nitrogens is 3. The van der Waals surface area contributed by atoms with Crippen LogP contribution in [-0.2, 0) is 6.54 Å². The molecular weight excluding hydrogens is 262 g/mol. The lowest BCUT2D eigenvalue weighted by Crippen LogP contribution is -2.31. The van der Waals surface area contributed by atoms with Crippen LogP contribution in [0.4, 0.5) is 10.5 Å². The number of pyridine rings is 1. The second-order valence-corrected chi connectivity index (χ2v) is 3.92. The molecule has 2 heterocycles. The summed E-state index contributed by atoms with van der Waals surface area (Å²) in [4.78, 5) is 26.1. The Morgan fingerprint density at radius 2 is 2.20 bits per heavy atom. The number of amides is 2. The number of hydrogen-bond donors (Lipinski definition) is 3. The van der Waals surface area contributed by atoms with Gasteiger partial charge in [0.1, 0.15) is 0 Å². The van der Waals surface area contributed by atoms with Gasteiger partial charge < -0.3 is 15.7 Å². The Labute approximate surface area is 114 Å². The third-order valence-corrected chi connectivity index (χ3v) is 2.43. The van der Waals surface area contributed by atoms with E-state index in [2.05, 4.69) is 20.7 Å². The van der Waals surface area contributed by atoms with Crippen LogP contribution in [0.3, 0.4) is 0 Å². The van der Waals surface area contributed by atoms with E-state index >= 15 is 0 Å². The van der Waals surface area contributed by atoms with Gasteiger partial charge in [0.25, 0.3) is 0 Å². The van der Waals surface area contributed by atoms with E-state index in [0.29, 0.717) is 18.8 Å². The molecule has 3 N–H and O–H groups in total. The van der Waals surface area contributed by atoms with Gasteiger partial charge in [-0.2, -0.15) is 5.10 Å². The minimum atomic E-state index is -1.10. The Balaban J connectivity index is 1.82. The third kappa shape index (κ3) is 3.80. The van der Waals surface area contributed by atoms with E-state index in [0.717, 1.165) is 0 Å². The predicted octanol–water partition coefficient (Wildman–Crippen LogP) is 0.798. The van der Waals surface area contributed by atoms with Crippen LogP contribution in [-0.4, -0.2) is 38.4 Å². The second kappa shape index (κ2) is 6.32. The van der Waals surface area contributed by atoms with Crippen LogP contribution in [0, 0.1) is 0 Å². The number of carboxylic acids is 1. The van der Waals surface area contributed by atoms with Crippen molar-refractivity contribution >= 4 is 17.7 Å². The SMILES string of the molecule is O=C(NCCn1cccn1)Nc1cncc(C(=O)O)c1. The van der Waals surface area contributed by atoms with E-state index in [1.807, 2.05) is 0 Å². The first-order valence-electron chi connectivity index (χ1n) is 5.86. The first-order valence-corrected chi connectivity index (χ1v) is 5.86. The van der Waals surface area contributed by atoms with Gasteiger partial charge in [-0.25, -0.2) is 9.59 Å². The van der Waals surface area contributed by atoms with Crippen molar-refractivity contribution in [2.45, 2.75) is 6.54 Å². The number of anilines is 1. The van der Waals surface area contributed by atoms with Crippen LogP contribution in [0.1, 0.15) is 10.4 Å². The summed E-state index contributed by atoms with van der Waals surface area (Å²) in [6, 6.07) is 2.70. The molecule has 8 heteroatoms. The summed E-state index contributed by atoms with van der Waals surface area (Å²) in [5.41, 5.74) is 0.334. The number of carbonyl (C=O) groups is 2. The number of nitrogens with one attached hydrogen (secondary N) is 2. The van der Waals surface area contributed by atoms with Crippen molar-refractivity contribution in [2.24, 2.45) is 0 Å². The fraction of sp³-hybridized carbons (Fsp3) is 0.167. The topological polar surface area (TPSA) is 109 Å². The quantitative estimate of drug-likeness (QED) is 0.747. The van der Waals surface area contributed by atoms with Crippen molar-refractivity contribution in [3.8, 4) is 0 Å². The number of rotatable bonds is 5. The van der Waals surface area contributed by atoms with Crippen LogP contribution >= 0.6 is 0 Å². The van der Waals surface area contributed by atoms with E-state index < -0.39 is 12.0 Å². The molecule has 0 aromatic carbocycles. The summed E-state index contributed by atoms with van der Waals surface area (Å²) in [7, 11) is 0. The summed E-state index contributed by atoms with van der Waals surface area (Å²) >= 11 is 0. The minimum absolute atomic E-state index is 0.0133. The van der Waals surface area contributed by atoms with Crippen LogP contribution in [0.25, 0.3) is 0 Å². The smallest absolute Gasteiger partial charge is 0.337 e. The van der Waals surface area contributed by atoms with Crippen LogP contribution < -0.4 is 10.6 Å². The monoisotopic (exact) mass is 275 g/mol. The van der Waals surface area contributed by atoms with Crippen LogP contribution in [0.15, 0.2) is 36.9 Å². The molecular formula is C12H13N5O3. The highest BCUT2D eigenvalue weighted by Gasteiger charge is 2.06. The molecule has 0 saturated heterocycles. The largest absolute Gasteiger partial charge is 0.478 e. The lowest BCUT2D eigenvalue weighted by molar-refractivity contribution is 0.0696. The molecule has 8 nitrogen and oxygen atoms in total. The number of nitrogens with zero attached hydrogens (tertiary/aromatic N) is 3. The summed E-state index contributed by atoms with van der Waals surface area (Å²) in [6.07, 6.45) is 6.03. The highest BCUT2D eigenvalue weighted by atomic mass is 16.4. The van der Waals surface area contributed by atoms with Crippen molar-refractivity contribution in [3.05, 3.63) is 42.5 Å². The Hall–Kier alpha value is -2.90. The molecule has 0 radical (unpaired) electrons. The molecule has 2 aromatic rings. The molecule has 0 atom stereocenters. The number of urea groups is 1. The van der Waals surface area contributed by atoms with E-state index in [1.54, 1.807) is 23.1 Å². The molecule has 0 spiro atoms. The Morgan fingerprint density at radius 3 is 2.90 bits per heavy atom. The zero-order valence-corrected chi connectivity index (χ0v) is 10.5. The van der Waals surface area contributed by atoms with Gasteiger partial charge in [-0.1, -0.05) is 0 Å². The molecule has 2 rings (SSSR count). The van der Waals surface area contributed by atoms with Gasteiger partial charge in [-0.3, -0.25) is 9.67 Å². The fourth-order valence-corrected chi connectivity index (χ4v) is 1.52. The highest BCUT2D eigenvalue weighted by molar-refractivity contribution is 5.92. The zero-order chi connectivity index (χ0) is 14.4. The predicted molar refractivity (Wildman–Crippen MR) is 70.4 cm³/mol. The third-order valence-electron chi connectivity index (χ3n) is 2.43. The first-order chi connectivity index (χ1) is 9.65. The second-order valence-electron chi connectivity index (χ2n) is 3.92. The average molecular weight is 275 g/mol. The van der Waals surface area contributed by atoms with Crippen molar-refractivity contribution in [1.29, 1.82) is 0 Å². The standard InChI is InChI=1S/C12H13N5O3/c18-11(19)9-6-10(8-13-7-9)16-12(20)14-3-5-17-4-1-2-15-17/h1-2,4,6-8H,3,5H2,(H,18,19)(H2,14,16,20). The molecule has 0 saturated carbocycles. The molecule has 0 aliphatic rings. The summed E-state index contributed by atoms with van der Waals surface area (Å²) in [6.45, 7) is 0.952. The number of hydrogen-bond acceptors (Lipinski definition) is 4. The van der Waals surface area contributed by atoms with Gasteiger partial charge in [0.05, 0.1) is 24.0 Å². The van der Waals surface area contributed by atoms with Crippen molar-refractivity contribution in [2.75, 3.05) is 11.9 Å². The molecule has 0 bridgehead atoms. The number of aromatic carboxylic acids is 1. The van der Waals surface area contributed by atoms with E-state index in [-0.39, 0.29) is 5.56 Å². The zero-order valence-electron chi connectivity index (χ0n) is 10.5. The number of carbonyl (C=O) groups excluding carboxylic acids is 1. The van der Waals surface area contributed by atoms with Crippen molar-refractivity contribution in [1.82, 2.24) is 20.1 Å². The number of carboxylic acid groups (broad SMARTS) is 1. The van der Waals surface area contributed by atoms with Gasteiger partial charge in [0.2, 0.25) is 0 Å². The molecule has 0 aliphatic carbocycles. The molecule has 2 aromatic heterocycles. The maximum Gasteiger partial charge on any atom is 0.337 e. The van der Waals surface area contributed by atoms with E-state index in [1.165, 1.54) is 18.5 Å². The Kier molecular flexibility index (Phi) is 4.28. The van der Waals surface area contributed by atoms with Gasteiger partial charge in [-0.05, 0) is 12.1 Å². The summed E-state index contributed by atoms with van der Waals surface area (Å²) in [5, 5.41) is 18.0. The van der Waals surface area contributed by atoms with Crippen molar-refractivity contribution in [3.63, 3.8) is 0 Å². The molecule has 0 fully saturated rings. The lowest BCUT2D eigenvalue weighted by Gasteiger charge is -2.07. The normalized spacial score (nSPS) is 10.0. The molecule has 20 heavy (non-hydrogen) atoms. The van der Waals surface area contributed by atoms with Crippen LogP contribution in [0.5, 0.6) is 0 Å². The average Bonchev–Trinajstić information content (AvgIpc) is 2.92. The van der Waals surface area contributed by atoms with E-state index in [4.69, 9.17) is 5.11 Å². The maximum absolute atomic E-state index is 11.6. The molecule has 0 aliphatic heterocycles. The van der Waals surface area contributed by atoms with Gasteiger partial charge in [-0.15, -0.1) is 0 Å². The first kappa shape index (κ1) is 13.5. The van der Waals surface area contributed by atoms with Crippen LogP contribution in [0.2, 0.25) is 0 Å². The molecule has 104 valence electrons. The Morgan fingerprint density at radius 1 is 1.35 bits per heavy atom. The Bertz CT molecular complexity index is 597. The molecule has 2 amide bonds. The summed E-state index contributed by atoms with van der Waals surface area (Å²) < 4.78 is 1.69. The van der Waals surface area contributed by atoms with Gasteiger partial charge in [0.15, 0.2) is 0 Å². The lowest BCUT2D eigenvalue weighted by atomic mass is 10.3. The highest BCUT2D eigenvalue weighted by Crippen LogP contribution is 2.07. The van der Waals surface area contributed by atoms with Gasteiger partial charge in [0, 0.05) is 25.1 Å².